The summed E-state index contributed by atoms with van der Waals surface area (Å²) in [5, 5.41) is 13.9. The van der Waals surface area contributed by atoms with Crippen LogP contribution in [0.4, 0.5) is 17.3 Å². The molecule has 0 bridgehead atoms. The highest BCUT2D eigenvalue weighted by atomic mass is 16.6. The molecule has 7 heteroatoms. The van der Waals surface area contributed by atoms with Crippen molar-refractivity contribution in [3.63, 3.8) is 0 Å². The van der Waals surface area contributed by atoms with E-state index < -0.39 is 4.92 Å². The van der Waals surface area contributed by atoms with E-state index in [-0.39, 0.29) is 5.69 Å². The second kappa shape index (κ2) is 5.60. The van der Waals surface area contributed by atoms with Gasteiger partial charge in [-0.25, -0.2) is 4.98 Å². The van der Waals surface area contributed by atoms with E-state index in [9.17, 15) is 10.1 Å². The van der Waals surface area contributed by atoms with Crippen LogP contribution in [0.5, 0.6) is 0 Å². The molecule has 0 fully saturated rings. The van der Waals surface area contributed by atoms with Gasteiger partial charge in [-0.2, -0.15) is 0 Å². The minimum Gasteiger partial charge on any atom is -0.464 e. The molecule has 1 N–H and O–H groups in total. The number of pyridine rings is 1. The average molecular weight is 276 g/mol. The van der Waals surface area contributed by atoms with Crippen molar-refractivity contribution in [3.05, 3.63) is 45.9 Å². The van der Waals surface area contributed by atoms with E-state index in [0.717, 1.165) is 11.5 Å². The molecule has 0 aliphatic rings. The Morgan fingerprint density at radius 2 is 2.15 bits per heavy atom. The predicted octanol–water partition coefficient (Wildman–Crippen LogP) is 2.57. The zero-order valence-corrected chi connectivity index (χ0v) is 11.6. The molecule has 0 aromatic carbocycles. The van der Waals surface area contributed by atoms with Crippen molar-refractivity contribution in [3.8, 4) is 0 Å². The van der Waals surface area contributed by atoms with Crippen LogP contribution in [0, 0.1) is 17.0 Å². The summed E-state index contributed by atoms with van der Waals surface area (Å²) in [7, 11) is 3.46. The van der Waals surface area contributed by atoms with E-state index in [0.29, 0.717) is 18.2 Å². The molecule has 106 valence electrons. The minimum absolute atomic E-state index is 0.0326. The van der Waals surface area contributed by atoms with Crippen LogP contribution in [0.3, 0.4) is 0 Å². The molecule has 2 rings (SSSR count). The van der Waals surface area contributed by atoms with Gasteiger partial charge in [0, 0.05) is 20.2 Å². The molecule has 0 saturated heterocycles. The first-order valence-corrected chi connectivity index (χ1v) is 6.11. The highest BCUT2D eigenvalue weighted by molar-refractivity contribution is 5.61. The first-order chi connectivity index (χ1) is 9.51. The zero-order chi connectivity index (χ0) is 14.7. The number of nitro groups is 1. The van der Waals surface area contributed by atoms with E-state index in [1.807, 2.05) is 19.1 Å². The molecule has 2 aromatic heterocycles. The number of nitrogens with one attached hydrogen (secondary N) is 1. The first-order valence-electron chi connectivity index (χ1n) is 6.11. The molecular formula is C13H16N4O3. The maximum Gasteiger partial charge on any atom is 0.311 e. The quantitative estimate of drug-likeness (QED) is 0.667. The molecule has 2 aromatic rings. The van der Waals surface area contributed by atoms with E-state index in [1.54, 1.807) is 25.1 Å². The number of aromatic nitrogens is 1. The van der Waals surface area contributed by atoms with Gasteiger partial charge in [0.1, 0.15) is 17.3 Å². The summed E-state index contributed by atoms with van der Waals surface area (Å²) in [6, 6.07) is 6.72. The number of rotatable bonds is 5. The Hall–Kier alpha value is -2.57. The highest BCUT2D eigenvalue weighted by Crippen LogP contribution is 2.28. The molecule has 7 nitrogen and oxygen atoms in total. The lowest BCUT2D eigenvalue weighted by Gasteiger charge is -2.17. The summed E-state index contributed by atoms with van der Waals surface area (Å²) in [6.07, 6.45) is 0. The van der Waals surface area contributed by atoms with Gasteiger partial charge >= 0.3 is 5.69 Å². The molecule has 20 heavy (non-hydrogen) atoms. The summed E-state index contributed by atoms with van der Waals surface area (Å²) in [5.41, 5.74) is -0.0326. The molecule has 0 atom stereocenters. The van der Waals surface area contributed by atoms with Crippen molar-refractivity contribution < 1.29 is 9.34 Å². The SMILES string of the molecule is CNc1ccc([N+](=O)[O-])c(N(C)Cc2ccc(C)o2)n1. The molecule has 0 unspecified atom stereocenters. The fraction of sp³-hybridized carbons (Fsp3) is 0.308. The van der Waals surface area contributed by atoms with Crippen molar-refractivity contribution >= 4 is 17.3 Å². The molecule has 0 aliphatic heterocycles. The Kier molecular flexibility index (Phi) is 3.88. The fourth-order valence-electron chi connectivity index (χ4n) is 1.88. The fourth-order valence-corrected chi connectivity index (χ4v) is 1.88. The number of hydrogen-bond donors (Lipinski definition) is 1. The maximum absolute atomic E-state index is 11.1. The van der Waals surface area contributed by atoms with Crippen molar-refractivity contribution in [2.24, 2.45) is 0 Å². The normalized spacial score (nSPS) is 10.3. The molecule has 2 heterocycles. The third-order valence-corrected chi connectivity index (χ3v) is 2.86. The number of anilines is 2. The van der Waals surface area contributed by atoms with Crippen molar-refractivity contribution in [1.82, 2.24) is 4.98 Å². The van der Waals surface area contributed by atoms with E-state index >= 15 is 0 Å². The Morgan fingerprint density at radius 1 is 1.40 bits per heavy atom. The topological polar surface area (TPSA) is 84.4 Å². The Morgan fingerprint density at radius 3 is 2.70 bits per heavy atom. The van der Waals surface area contributed by atoms with Gasteiger partial charge in [-0.15, -0.1) is 0 Å². The van der Waals surface area contributed by atoms with Gasteiger partial charge < -0.3 is 14.6 Å². The van der Waals surface area contributed by atoms with Crippen molar-refractivity contribution in [2.45, 2.75) is 13.5 Å². The van der Waals surface area contributed by atoms with Crippen LogP contribution in [0.15, 0.2) is 28.7 Å². The van der Waals surface area contributed by atoms with Crippen LogP contribution in [-0.4, -0.2) is 24.0 Å². The van der Waals surface area contributed by atoms with Gasteiger partial charge in [-0.1, -0.05) is 0 Å². The average Bonchev–Trinajstić information content (AvgIpc) is 2.83. The van der Waals surface area contributed by atoms with E-state index in [2.05, 4.69) is 10.3 Å². The Bertz CT molecular complexity index is 624. The van der Waals surface area contributed by atoms with Crippen LogP contribution in [0.1, 0.15) is 11.5 Å². The lowest BCUT2D eigenvalue weighted by atomic mass is 10.3. The molecule has 0 radical (unpaired) electrons. The zero-order valence-electron chi connectivity index (χ0n) is 11.6. The predicted molar refractivity (Wildman–Crippen MR) is 76.0 cm³/mol. The van der Waals surface area contributed by atoms with Crippen LogP contribution in [0.25, 0.3) is 0 Å². The Labute approximate surface area is 116 Å². The summed E-state index contributed by atoms with van der Waals surface area (Å²) >= 11 is 0. The standard InChI is InChI=1S/C13H16N4O3/c1-9-4-5-10(20-9)8-16(3)13-11(17(18)19)6-7-12(14-2)15-13/h4-7H,8H2,1-3H3,(H,14,15). The number of furan rings is 1. The number of hydrogen-bond acceptors (Lipinski definition) is 6. The summed E-state index contributed by atoms with van der Waals surface area (Å²) in [5.74, 6) is 2.42. The van der Waals surface area contributed by atoms with Gasteiger partial charge in [0.2, 0.25) is 5.82 Å². The third-order valence-electron chi connectivity index (χ3n) is 2.86. The van der Waals surface area contributed by atoms with Crippen molar-refractivity contribution in [1.29, 1.82) is 0 Å². The van der Waals surface area contributed by atoms with Crippen LogP contribution in [-0.2, 0) is 6.54 Å². The largest absolute Gasteiger partial charge is 0.464 e. The van der Waals surface area contributed by atoms with E-state index in [1.165, 1.54) is 6.07 Å². The van der Waals surface area contributed by atoms with Gasteiger partial charge in [0.15, 0.2) is 0 Å². The lowest BCUT2D eigenvalue weighted by molar-refractivity contribution is -0.384. The number of nitrogens with zero attached hydrogens (tertiary/aromatic N) is 3. The monoisotopic (exact) mass is 276 g/mol. The maximum atomic E-state index is 11.1. The molecule has 0 spiro atoms. The second-order valence-corrected chi connectivity index (χ2v) is 4.41. The Balaban J connectivity index is 2.31. The molecule has 0 aliphatic carbocycles. The smallest absolute Gasteiger partial charge is 0.311 e. The molecular weight excluding hydrogens is 260 g/mol. The molecule has 0 saturated carbocycles. The van der Waals surface area contributed by atoms with Crippen LogP contribution >= 0.6 is 0 Å². The van der Waals surface area contributed by atoms with E-state index in [4.69, 9.17) is 4.42 Å². The summed E-state index contributed by atoms with van der Waals surface area (Å²) < 4.78 is 5.48. The second-order valence-electron chi connectivity index (χ2n) is 4.41. The van der Waals surface area contributed by atoms with Gasteiger partial charge in [-0.05, 0) is 25.1 Å². The first kappa shape index (κ1) is 13.9. The van der Waals surface area contributed by atoms with Gasteiger partial charge in [0.05, 0.1) is 11.5 Å². The van der Waals surface area contributed by atoms with Crippen LogP contribution in [0.2, 0.25) is 0 Å². The highest BCUT2D eigenvalue weighted by Gasteiger charge is 2.20. The summed E-state index contributed by atoms with van der Waals surface area (Å²) in [4.78, 5) is 16.6. The van der Waals surface area contributed by atoms with Gasteiger partial charge in [-0.3, -0.25) is 10.1 Å². The number of aryl methyl sites for hydroxylation is 1. The summed E-state index contributed by atoms with van der Waals surface area (Å²) in [6.45, 7) is 2.26. The lowest BCUT2D eigenvalue weighted by Crippen LogP contribution is -2.19. The van der Waals surface area contributed by atoms with Gasteiger partial charge in [0.25, 0.3) is 0 Å². The van der Waals surface area contributed by atoms with Crippen molar-refractivity contribution in [2.75, 3.05) is 24.3 Å². The molecule has 0 amide bonds. The minimum atomic E-state index is -0.439. The third kappa shape index (κ3) is 2.87. The van der Waals surface area contributed by atoms with Crippen LogP contribution < -0.4 is 10.2 Å².